The van der Waals surface area contributed by atoms with Crippen molar-refractivity contribution < 1.29 is 32.7 Å². The second kappa shape index (κ2) is 6.07. The molecule has 0 bridgehead atoms. The standard InChI is InChI=1S/C8H8FO2.Li/c1-10-6-11-8-4-2-3-7(9)5-8;/h2-4H,6H2,1H3;/q-1;+1. The molecule has 0 aliphatic carbocycles. The predicted octanol–water partition coefficient (Wildman–Crippen LogP) is -1.39. The van der Waals surface area contributed by atoms with Gasteiger partial charge >= 0.3 is 18.9 Å². The summed E-state index contributed by atoms with van der Waals surface area (Å²) in [7, 11) is 1.50. The number of hydrogen-bond donors (Lipinski definition) is 0. The SMILES string of the molecule is COCOc1[c-]c(F)ccc1.[Li+]. The quantitative estimate of drug-likeness (QED) is 0.309. The second-order valence-electron chi connectivity index (χ2n) is 1.91. The van der Waals surface area contributed by atoms with Gasteiger partial charge < -0.3 is 9.47 Å². The van der Waals surface area contributed by atoms with Gasteiger partial charge in [-0.15, -0.1) is 18.2 Å². The van der Waals surface area contributed by atoms with Crippen LogP contribution in [0.5, 0.6) is 5.75 Å². The molecule has 0 heterocycles. The van der Waals surface area contributed by atoms with Crippen LogP contribution in [0.1, 0.15) is 0 Å². The summed E-state index contributed by atoms with van der Waals surface area (Å²) in [5.74, 6) is -0.0783. The Kier molecular flexibility index (Phi) is 5.82. The number of rotatable bonds is 3. The minimum absolute atomic E-state index is 0. The number of benzene rings is 1. The molecule has 0 fully saturated rings. The fourth-order valence-corrected chi connectivity index (χ4v) is 0.628. The van der Waals surface area contributed by atoms with E-state index in [-0.39, 0.29) is 25.7 Å². The predicted molar refractivity (Wildman–Crippen MR) is 37.7 cm³/mol. The van der Waals surface area contributed by atoms with Crippen LogP contribution >= 0.6 is 0 Å². The maximum absolute atomic E-state index is 12.4. The molecule has 0 aliphatic heterocycles. The minimum Gasteiger partial charge on any atom is -0.493 e. The first-order chi connectivity index (χ1) is 5.33. The van der Waals surface area contributed by atoms with Crippen molar-refractivity contribution in [3.63, 3.8) is 0 Å². The molecular weight excluding hydrogens is 154 g/mol. The molecule has 0 radical (unpaired) electrons. The molecule has 0 saturated carbocycles. The number of methoxy groups -OCH3 is 1. The van der Waals surface area contributed by atoms with Crippen molar-refractivity contribution in [1.29, 1.82) is 0 Å². The van der Waals surface area contributed by atoms with Crippen molar-refractivity contribution in [2.45, 2.75) is 0 Å². The van der Waals surface area contributed by atoms with Crippen molar-refractivity contribution in [2.24, 2.45) is 0 Å². The normalized spacial score (nSPS) is 8.83. The Morgan fingerprint density at radius 3 is 2.83 bits per heavy atom. The molecule has 60 valence electrons. The van der Waals surface area contributed by atoms with Crippen molar-refractivity contribution in [3.05, 3.63) is 30.1 Å². The molecule has 12 heavy (non-hydrogen) atoms. The van der Waals surface area contributed by atoms with E-state index in [0.717, 1.165) is 0 Å². The van der Waals surface area contributed by atoms with Crippen molar-refractivity contribution in [2.75, 3.05) is 13.9 Å². The van der Waals surface area contributed by atoms with E-state index in [4.69, 9.17) is 4.74 Å². The molecule has 2 nitrogen and oxygen atoms in total. The largest absolute Gasteiger partial charge is 1.00 e. The van der Waals surface area contributed by atoms with Crippen LogP contribution in [0.2, 0.25) is 0 Å². The molecule has 0 atom stereocenters. The van der Waals surface area contributed by atoms with Gasteiger partial charge in [0.1, 0.15) is 0 Å². The Balaban J connectivity index is 0.00000121. The van der Waals surface area contributed by atoms with Crippen LogP contribution in [0.3, 0.4) is 0 Å². The van der Waals surface area contributed by atoms with Crippen LogP contribution in [-0.4, -0.2) is 13.9 Å². The average Bonchev–Trinajstić information content (AvgIpc) is 2.01. The van der Waals surface area contributed by atoms with Gasteiger partial charge in [-0.1, -0.05) is 0 Å². The Hall–Kier alpha value is -0.493. The fraction of sp³-hybridized carbons (Fsp3) is 0.250. The molecule has 0 unspecified atom stereocenters. The van der Waals surface area contributed by atoms with E-state index in [1.165, 1.54) is 13.2 Å². The third-order valence-corrected chi connectivity index (χ3v) is 1.07. The van der Waals surface area contributed by atoms with Gasteiger partial charge in [-0.3, -0.25) is 0 Å². The monoisotopic (exact) mass is 162 g/mol. The summed E-state index contributed by atoms with van der Waals surface area (Å²) in [6.45, 7) is 0.111. The second-order valence-corrected chi connectivity index (χ2v) is 1.91. The molecule has 0 saturated heterocycles. The van der Waals surface area contributed by atoms with Crippen LogP contribution in [-0.2, 0) is 4.74 Å². The molecule has 0 aliphatic rings. The molecule has 1 aromatic carbocycles. The Morgan fingerprint density at radius 2 is 2.25 bits per heavy atom. The molecule has 4 heteroatoms. The van der Waals surface area contributed by atoms with Crippen LogP contribution in [0.25, 0.3) is 0 Å². The third kappa shape index (κ3) is 3.77. The zero-order chi connectivity index (χ0) is 8.10. The van der Waals surface area contributed by atoms with Gasteiger partial charge in [0.05, 0.1) is 0 Å². The average molecular weight is 162 g/mol. The molecule has 0 aromatic heterocycles. The van der Waals surface area contributed by atoms with Crippen LogP contribution < -0.4 is 23.6 Å². The van der Waals surface area contributed by atoms with Crippen LogP contribution in [0, 0.1) is 11.9 Å². The van der Waals surface area contributed by atoms with E-state index in [0.29, 0.717) is 5.75 Å². The van der Waals surface area contributed by atoms with Gasteiger partial charge in [0.25, 0.3) is 0 Å². The maximum atomic E-state index is 12.4. The fourth-order valence-electron chi connectivity index (χ4n) is 0.628. The Labute approximate surface area is 82.9 Å². The van der Waals surface area contributed by atoms with Gasteiger partial charge in [0.15, 0.2) is 6.79 Å². The Bertz CT molecular complexity index is 230. The molecule has 0 spiro atoms. The summed E-state index contributed by atoms with van der Waals surface area (Å²) in [5.41, 5.74) is 0. The van der Waals surface area contributed by atoms with E-state index >= 15 is 0 Å². The smallest absolute Gasteiger partial charge is 0.493 e. The first-order valence-corrected chi connectivity index (χ1v) is 3.12. The number of halogens is 1. The van der Waals surface area contributed by atoms with Crippen molar-refractivity contribution in [1.82, 2.24) is 0 Å². The molecule has 0 N–H and O–H groups in total. The van der Waals surface area contributed by atoms with Gasteiger partial charge in [0, 0.05) is 18.7 Å². The molecular formula is C8H8FLiO2. The van der Waals surface area contributed by atoms with Gasteiger partial charge in [-0.05, 0) is 0 Å². The minimum atomic E-state index is -0.432. The van der Waals surface area contributed by atoms with Gasteiger partial charge in [-0.2, -0.15) is 6.07 Å². The zero-order valence-electron chi connectivity index (χ0n) is 7.13. The van der Waals surface area contributed by atoms with Crippen molar-refractivity contribution in [3.8, 4) is 5.75 Å². The van der Waals surface area contributed by atoms with E-state index in [1.54, 1.807) is 12.1 Å². The van der Waals surface area contributed by atoms with Crippen molar-refractivity contribution >= 4 is 0 Å². The number of ether oxygens (including phenoxy) is 2. The summed E-state index contributed by atoms with van der Waals surface area (Å²) in [5, 5.41) is 0. The first kappa shape index (κ1) is 11.5. The van der Waals surface area contributed by atoms with E-state index in [1.807, 2.05) is 0 Å². The Morgan fingerprint density at radius 1 is 1.50 bits per heavy atom. The van der Waals surface area contributed by atoms with Gasteiger partial charge in [-0.25, -0.2) is 4.39 Å². The van der Waals surface area contributed by atoms with E-state index in [9.17, 15) is 4.39 Å². The van der Waals surface area contributed by atoms with Gasteiger partial charge in [0.2, 0.25) is 0 Å². The zero-order valence-corrected chi connectivity index (χ0v) is 7.13. The number of hydrogen-bond acceptors (Lipinski definition) is 2. The third-order valence-electron chi connectivity index (χ3n) is 1.07. The summed E-state index contributed by atoms with van der Waals surface area (Å²) in [6.07, 6.45) is 0. The van der Waals surface area contributed by atoms with E-state index in [2.05, 4.69) is 10.8 Å². The molecule has 1 aromatic rings. The molecule has 1 rings (SSSR count). The van der Waals surface area contributed by atoms with Crippen LogP contribution in [0.15, 0.2) is 18.2 Å². The van der Waals surface area contributed by atoms with E-state index < -0.39 is 5.82 Å². The maximum Gasteiger partial charge on any atom is 1.00 e. The molecule has 0 amide bonds. The first-order valence-electron chi connectivity index (χ1n) is 3.12. The summed E-state index contributed by atoms with van der Waals surface area (Å²) < 4.78 is 22.0. The topological polar surface area (TPSA) is 18.5 Å². The summed E-state index contributed by atoms with van der Waals surface area (Å²) in [6, 6.07) is 6.84. The van der Waals surface area contributed by atoms with Crippen LogP contribution in [0.4, 0.5) is 4.39 Å². The summed E-state index contributed by atoms with van der Waals surface area (Å²) >= 11 is 0. The summed E-state index contributed by atoms with van der Waals surface area (Å²) in [4.78, 5) is 0.